The molecular formula is C19H19FN4O3. The number of hydrogen-bond donors (Lipinski definition) is 2. The van der Waals surface area contributed by atoms with Crippen LogP contribution in [0.3, 0.4) is 0 Å². The van der Waals surface area contributed by atoms with Crippen molar-refractivity contribution in [1.29, 1.82) is 0 Å². The predicted molar refractivity (Wildman–Crippen MR) is 96.0 cm³/mol. The van der Waals surface area contributed by atoms with Gasteiger partial charge in [0.15, 0.2) is 0 Å². The number of nitrogens with one attached hydrogen (secondary N) is 2. The lowest BCUT2D eigenvalue weighted by atomic mass is 10.1. The molecule has 2 heterocycles. The second-order valence-corrected chi connectivity index (χ2v) is 6.20. The van der Waals surface area contributed by atoms with E-state index < -0.39 is 11.7 Å². The van der Waals surface area contributed by atoms with Crippen molar-refractivity contribution in [1.82, 2.24) is 15.6 Å². The lowest BCUT2D eigenvalue weighted by molar-refractivity contribution is -0.129. The Hall–Kier alpha value is -3.29. The first-order chi connectivity index (χ1) is 13.0. The molecule has 0 bridgehead atoms. The summed E-state index contributed by atoms with van der Waals surface area (Å²) in [6.07, 6.45) is 1.69. The summed E-state index contributed by atoms with van der Waals surface area (Å²) >= 11 is 0. The minimum absolute atomic E-state index is 0.0543. The number of carbonyl (C=O) groups is 3. The average Bonchev–Trinajstić information content (AvgIpc) is 3.07. The fraction of sp³-hybridized carbons (Fsp3) is 0.263. The molecule has 7 nitrogen and oxygen atoms in total. The molecule has 1 atom stereocenters. The van der Waals surface area contributed by atoms with Crippen molar-refractivity contribution in [3.05, 3.63) is 60.2 Å². The van der Waals surface area contributed by atoms with Crippen molar-refractivity contribution in [2.45, 2.75) is 13.0 Å². The van der Waals surface area contributed by atoms with Crippen molar-refractivity contribution in [3.63, 3.8) is 0 Å². The number of hydrogen-bond acceptors (Lipinski definition) is 4. The molecule has 1 aromatic carbocycles. The Morgan fingerprint density at radius 3 is 2.63 bits per heavy atom. The van der Waals surface area contributed by atoms with Gasteiger partial charge >= 0.3 is 0 Å². The highest BCUT2D eigenvalue weighted by Gasteiger charge is 2.35. The molecule has 3 rings (SSSR count). The molecule has 1 aliphatic rings. The van der Waals surface area contributed by atoms with Crippen LogP contribution in [0.25, 0.3) is 0 Å². The topological polar surface area (TPSA) is 91.4 Å². The molecule has 0 spiro atoms. The molecular weight excluding hydrogens is 351 g/mol. The van der Waals surface area contributed by atoms with Crippen LogP contribution in [0, 0.1) is 11.7 Å². The maximum absolute atomic E-state index is 13.0. The number of nitrogens with zero attached hydrogens (tertiary/aromatic N) is 2. The third-order valence-corrected chi connectivity index (χ3v) is 4.25. The number of aromatic nitrogens is 1. The second-order valence-electron chi connectivity index (χ2n) is 6.20. The molecule has 1 saturated heterocycles. The van der Waals surface area contributed by atoms with Crippen LogP contribution < -0.4 is 15.5 Å². The zero-order valence-corrected chi connectivity index (χ0v) is 14.5. The molecule has 0 radical (unpaired) electrons. The van der Waals surface area contributed by atoms with Crippen molar-refractivity contribution < 1.29 is 18.8 Å². The van der Waals surface area contributed by atoms with Gasteiger partial charge in [0.05, 0.1) is 24.7 Å². The molecule has 2 N–H and O–H groups in total. The molecule has 140 valence electrons. The van der Waals surface area contributed by atoms with Gasteiger partial charge in [-0.2, -0.15) is 0 Å². The van der Waals surface area contributed by atoms with Gasteiger partial charge in [-0.15, -0.1) is 0 Å². The third kappa shape index (κ3) is 4.87. The van der Waals surface area contributed by atoms with E-state index in [9.17, 15) is 18.8 Å². The van der Waals surface area contributed by atoms with Crippen LogP contribution >= 0.6 is 0 Å². The normalized spacial score (nSPS) is 16.3. The van der Waals surface area contributed by atoms with Crippen molar-refractivity contribution >= 4 is 23.4 Å². The fourth-order valence-corrected chi connectivity index (χ4v) is 2.82. The highest BCUT2D eigenvalue weighted by Crippen LogP contribution is 2.25. The van der Waals surface area contributed by atoms with Gasteiger partial charge in [0.2, 0.25) is 17.7 Å². The molecule has 1 fully saturated rings. The van der Waals surface area contributed by atoms with Crippen LogP contribution in [0.5, 0.6) is 0 Å². The third-order valence-electron chi connectivity index (χ3n) is 4.25. The van der Waals surface area contributed by atoms with Crippen molar-refractivity contribution in [2.75, 3.05) is 18.0 Å². The molecule has 3 amide bonds. The summed E-state index contributed by atoms with van der Waals surface area (Å²) in [6.45, 7) is 0.300. The van der Waals surface area contributed by atoms with E-state index >= 15 is 0 Å². The summed E-state index contributed by atoms with van der Waals surface area (Å²) in [5.74, 6) is -1.85. The zero-order valence-electron chi connectivity index (χ0n) is 14.5. The Bertz CT molecular complexity index is 827. The quantitative estimate of drug-likeness (QED) is 0.794. The molecule has 2 aromatic rings. The molecule has 0 unspecified atom stereocenters. The van der Waals surface area contributed by atoms with E-state index in [1.54, 1.807) is 18.3 Å². The van der Waals surface area contributed by atoms with E-state index in [1.165, 1.54) is 29.2 Å². The molecule has 1 aromatic heterocycles. The minimum Gasteiger partial charge on any atom is -0.349 e. The summed E-state index contributed by atoms with van der Waals surface area (Å²) in [6, 6.07) is 10.9. The first-order valence-corrected chi connectivity index (χ1v) is 8.53. The standard InChI is InChI=1S/C19H19FN4O3/c20-14-4-6-16(7-5-14)24-12-13(9-18(24)26)19(27)23-11-17(25)22-10-15-3-1-2-8-21-15/h1-8,13H,9-12H2,(H,22,25)(H,23,27)/t13-/m0/s1. The summed E-state index contributed by atoms with van der Waals surface area (Å²) in [7, 11) is 0. The molecule has 0 aliphatic carbocycles. The summed E-state index contributed by atoms with van der Waals surface area (Å²) < 4.78 is 13.0. The second kappa shape index (κ2) is 8.39. The van der Waals surface area contributed by atoms with E-state index in [0.717, 1.165) is 0 Å². The Morgan fingerprint density at radius 2 is 1.93 bits per heavy atom. The van der Waals surface area contributed by atoms with Gasteiger partial charge in [0.25, 0.3) is 0 Å². The van der Waals surface area contributed by atoms with Crippen molar-refractivity contribution in [2.24, 2.45) is 5.92 Å². The Morgan fingerprint density at radius 1 is 1.15 bits per heavy atom. The highest BCUT2D eigenvalue weighted by atomic mass is 19.1. The molecule has 27 heavy (non-hydrogen) atoms. The van der Waals surface area contributed by atoms with Crippen LogP contribution in [-0.4, -0.2) is 35.8 Å². The number of anilines is 1. The van der Waals surface area contributed by atoms with E-state index in [1.807, 2.05) is 6.07 Å². The Balaban J connectivity index is 1.46. The van der Waals surface area contributed by atoms with Gasteiger partial charge in [-0.1, -0.05) is 6.07 Å². The molecule has 8 heteroatoms. The lowest BCUT2D eigenvalue weighted by Gasteiger charge is -2.16. The van der Waals surface area contributed by atoms with Crippen molar-refractivity contribution in [3.8, 4) is 0 Å². The van der Waals surface area contributed by atoms with Gasteiger partial charge < -0.3 is 15.5 Å². The van der Waals surface area contributed by atoms with E-state index in [2.05, 4.69) is 15.6 Å². The van der Waals surface area contributed by atoms with Crippen LogP contribution in [0.15, 0.2) is 48.7 Å². The van der Waals surface area contributed by atoms with Gasteiger partial charge in [0.1, 0.15) is 5.82 Å². The van der Waals surface area contributed by atoms with Crippen LogP contribution in [0.2, 0.25) is 0 Å². The summed E-state index contributed by atoms with van der Waals surface area (Å²) in [5.41, 5.74) is 1.26. The number of rotatable bonds is 6. The average molecular weight is 370 g/mol. The first kappa shape index (κ1) is 18.5. The summed E-state index contributed by atoms with van der Waals surface area (Å²) in [5, 5.41) is 5.22. The Labute approximate surface area is 155 Å². The van der Waals surface area contributed by atoms with Crippen LogP contribution in [0.4, 0.5) is 10.1 Å². The number of amides is 3. The predicted octanol–water partition coefficient (Wildman–Crippen LogP) is 1.01. The lowest BCUT2D eigenvalue weighted by Crippen LogP contribution is -2.40. The van der Waals surface area contributed by atoms with E-state index in [4.69, 9.17) is 0 Å². The largest absolute Gasteiger partial charge is 0.349 e. The van der Waals surface area contributed by atoms with Gasteiger partial charge in [-0.05, 0) is 36.4 Å². The van der Waals surface area contributed by atoms with E-state index in [0.29, 0.717) is 11.4 Å². The SMILES string of the molecule is O=C(CNC(=O)[C@H]1CC(=O)N(c2ccc(F)cc2)C1)NCc1ccccn1. The van der Waals surface area contributed by atoms with Gasteiger partial charge in [-0.3, -0.25) is 19.4 Å². The monoisotopic (exact) mass is 370 g/mol. The maximum atomic E-state index is 13.0. The first-order valence-electron chi connectivity index (χ1n) is 8.53. The Kier molecular flexibility index (Phi) is 5.75. The molecule has 0 saturated carbocycles. The van der Waals surface area contributed by atoms with Crippen LogP contribution in [-0.2, 0) is 20.9 Å². The summed E-state index contributed by atoms with van der Waals surface area (Å²) in [4.78, 5) is 41.8. The van der Waals surface area contributed by atoms with Gasteiger partial charge in [0, 0.05) is 24.8 Å². The number of pyridine rings is 1. The maximum Gasteiger partial charge on any atom is 0.239 e. The number of halogens is 1. The minimum atomic E-state index is -0.550. The number of carbonyl (C=O) groups excluding carboxylic acids is 3. The van der Waals surface area contributed by atoms with Crippen LogP contribution in [0.1, 0.15) is 12.1 Å². The molecule has 1 aliphatic heterocycles. The van der Waals surface area contributed by atoms with E-state index in [-0.39, 0.29) is 43.8 Å². The van der Waals surface area contributed by atoms with Gasteiger partial charge in [-0.25, -0.2) is 4.39 Å². The highest BCUT2D eigenvalue weighted by molar-refractivity contribution is 6.00. The fourth-order valence-electron chi connectivity index (χ4n) is 2.82. The smallest absolute Gasteiger partial charge is 0.239 e. The zero-order chi connectivity index (χ0) is 19.2. The number of benzene rings is 1.